The molecule has 0 aliphatic rings. The van der Waals surface area contributed by atoms with Gasteiger partial charge < -0.3 is 10.8 Å². The Morgan fingerprint density at radius 1 is 1.41 bits per heavy atom. The van der Waals surface area contributed by atoms with E-state index < -0.39 is 5.97 Å². The lowest BCUT2D eigenvalue weighted by molar-refractivity contribution is 0.0691. The van der Waals surface area contributed by atoms with E-state index in [-0.39, 0.29) is 11.4 Å². The first kappa shape index (κ1) is 11.1. The average molecular weight is 233 g/mol. The molecular formula is C10H11N5O2. The quantitative estimate of drug-likeness (QED) is 0.784. The summed E-state index contributed by atoms with van der Waals surface area (Å²) in [6.45, 7) is 3.57. The van der Waals surface area contributed by atoms with Crippen molar-refractivity contribution in [1.29, 1.82) is 0 Å². The largest absolute Gasteiger partial charge is 0.476 e. The number of carboxylic acid groups (broad SMARTS) is 1. The molecule has 0 saturated heterocycles. The first-order valence-corrected chi connectivity index (χ1v) is 4.88. The van der Waals surface area contributed by atoms with Crippen LogP contribution in [-0.4, -0.2) is 30.8 Å². The molecule has 0 saturated carbocycles. The van der Waals surface area contributed by atoms with Crippen molar-refractivity contribution in [2.45, 2.75) is 13.8 Å². The van der Waals surface area contributed by atoms with Crippen molar-refractivity contribution in [3.8, 4) is 5.82 Å². The van der Waals surface area contributed by atoms with E-state index >= 15 is 0 Å². The molecule has 0 amide bonds. The molecule has 0 aliphatic heterocycles. The van der Waals surface area contributed by atoms with Crippen LogP contribution in [-0.2, 0) is 0 Å². The van der Waals surface area contributed by atoms with Gasteiger partial charge in [0.2, 0.25) is 0 Å². The summed E-state index contributed by atoms with van der Waals surface area (Å²) in [7, 11) is 0. The van der Waals surface area contributed by atoms with Crippen molar-refractivity contribution in [3.63, 3.8) is 0 Å². The Bertz CT molecular complexity index is 570. The Morgan fingerprint density at radius 3 is 2.65 bits per heavy atom. The number of anilines is 1. The fraction of sp³-hybridized carbons (Fsp3) is 0.200. The van der Waals surface area contributed by atoms with Crippen LogP contribution < -0.4 is 5.73 Å². The van der Waals surface area contributed by atoms with Crippen LogP contribution in [0.15, 0.2) is 12.3 Å². The zero-order valence-corrected chi connectivity index (χ0v) is 9.38. The summed E-state index contributed by atoms with van der Waals surface area (Å²) in [5.74, 6) is -0.0797. The molecule has 3 N–H and O–H groups in total. The van der Waals surface area contributed by atoms with E-state index in [1.807, 2.05) is 6.92 Å². The molecule has 0 radical (unpaired) electrons. The van der Waals surface area contributed by atoms with Crippen molar-refractivity contribution in [3.05, 3.63) is 29.5 Å². The number of hydrogen-bond acceptors (Lipinski definition) is 5. The number of aromatic nitrogens is 4. The lowest BCUT2D eigenvalue weighted by atomic mass is 10.4. The van der Waals surface area contributed by atoms with Gasteiger partial charge in [-0.05, 0) is 13.8 Å². The molecule has 0 atom stereocenters. The number of aromatic carboxylic acids is 1. The van der Waals surface area contributed by atoms with E-state index in [0.717, 1.165) is 5.69 Å². The Labute approximate surface area is 96.9 Å². The van der Waals surface area contributed by atoms with Gasteiger partial charge in [-0.25, -0.2) is 19.4 Å². The van der Waals surface area contributed by atoms with Crippen LogP contribution in [0, 0.1) is 13.8 Å². The summed E-state index contributed by atoms with van der Waals surface area (Å²) < 4.78 is 1.33. The smallest absolute Gasteiger partial charge is 0.358 e. The van der Waals surface area contributed by atoms with Crippen LogP contribution in [0.5, 0.6) is 0 Å². The van der Waals surface area contributed by atoms with Crippen molar-refractivity contribution < 1.29 is 9.90 Å². The third-order valence-corrected chi connectivity index (χ3v) is 2.13. The molecule has 2 aromatic rings. The zero-order chi connectivity index (χ0) is 12.6. The van der Waals surface area contributed by atoms with Gasteiger partial charge in [-0.15, -0.1) is 0 Å². The molecular weight excluding hydrogens is 222 g/mol. The second kappa shape index (κ2) is 3.85. The van der Waals surface area contributed by atoms with Crippen LogP contribution in [0.4, 0.5) is 5.69 Å². The predicted octanol–water partition coefficient (Wildman–Crippen LogP) is 0.560. The number of aryl methyl sites for hydroxylation is 2. The molecule has 2 heterocycles. The van der Waals surface area contributed by atoms with Gasteiger partial charge in [0.15, 0.2) is 11.5 Å². The molecule has 0 spiro atoms. The fourth-order valence-electron chi connectivity index (χ4n) is 1.49. The highest BCUT2D eigenvalue weighted by atomic mass is 16.4. The van der Waals surface area contributed by atoms with Crippen molar-refractivity contribution in [1.82, 2.24) is 19.7 Å². The molecule has 0 unspecified atom stereocenters. The van der Waals surface area contributed by atoms with Crippen molar-refractivity contribution in [2.75, 3.05) is 5.73 Å². The number of carboxylic acids is 1. The van der Waals surface area contributed by atoms with Gasteiger partial charge in [-0.2, -0.15) is 5.10 Å². The fourth-order valence-corrected chi connectivity index (χ4v) is 1.49. The van der Waals surface area contributed by atoms with Gasteiger partial charge in [0.25, 0.3) is 0 Å². The molecule has 7 heteroatoms. The summed E-state index contributed by atoms with van der Waals surface area (Å²) in [5.41, 5.74) is 6.25. The van der Waals surface area contributed by atoms with E-state index in [4.69, 9.17) is 10.8 Å². The molecule has 7 nitrogen and oxygen atoms in total. The highest BCUT2D eigenvalue weighted by Crippen LogP contribution is 2.13. The van der Waals surface area contributed by atoms with Crippen LogP contribution in [0.1, 0.15) is 22.0 Å². The van der Waals surface area contributed by atoms with Crippen LogP contribution in [0.25, 0.3) is 5.82 Å². The zero-order valence-electron chi connectivity index (χ0n) is 9.38. The molecule has 2 rings (SSSR count). The molecule has 0 aliphatic carbocycles. The minimum Gasteiger partial charge on any atom is -0.476 e. The monoisotopic (exact) mass is 233 g/mol. The van der Waals surface area contributed by atoms with Crippen molar-refractivity contribution in [2.24, 2.45) is 0 Å². The first-order valence-electron chi connectivity index (χ1n) is 4.88. The molecule has 17 heavy (non-hydrogen) atoms. The van der Waals surface area contributed by atoms with Gasteiger partial charge in [-0.1, -0.05) is 0 Å². The van der Waals surface area contributed by atoms with Gasteiger partial charge in [0, 0.05) is 11.8 Å². The Kier molecular flexibility index (Phi) is 2.51. The van der Waals surface area contributed by atoms with E-state index in [1.165, 1.54) is 10.9 Å². The van der Waals surface area contributed by atoms with Gasteiger partial charge in [-0.3, -0.25) is 0 Å². The maximum Gasteiger partial charge on any atom is 0.358 e. The Balaban J connectivity index is 2.53. The highest BCUT2D eigenvalue weighted by Gasteiger charge is 2.14. The molecule has 0 aromatic carbocycles. The lowest BCUT2D eigenvalue weighted by Gasteiger charge is -2.02. The highest BCUT2D eigenvalue weighted by molar-refractivity contribution is 5.91. The SMILES string of the molecule is Cc1cc(-n2cc(N)c(C(=O)O)n2)nc(C)n1. The second-order valence-electron chi connectivity index (χ2n) is 3.60. The summed E-state index contributed by atoms with van der Waals surface area (Å²) in [5, 5.41) is 12.7. The minimum absolute atomic E-state index is 0.103. The van der Waals surface area contributed by atoms with Crippen molar-refractivity contribution >= 4 is 11.7 Å². The number of nitrogen functional groups attached to an aromatic ring is 1. The Hall–Kier alpha value is -2.44. The summed E-state index contributed by atoms with van der Waals surface area (Å²) in [4.78, 5) is 19.1. The maximum absolute atomic E-state index is 10.8. The summed E-state index contributed by atoms with van der Waals surface area (Å²) in [6, 6.07) is 1.70. The number of nitrogens with zero attached hydrogens (tertiary/aromatic N) is 4. The molecule has 2 aromatic heterocycles. The predicted molar refractivity (Wildman–Crippen MR) is 60.0 cm³/mol. The van der Waals surface area contributed by atoms with Gasteiger partial charge in [0.05, 0.1) is 11.9 Å². The minimum atomic E-state index is -1.16. The molecule has 88 valence electrons. The average Bonchev–Trinajstić information content (AvgIpc) is 2.59. The molecule has 0 bridgehead atoms. The third kappa shape index (κ3) is 2.07. The van der Waals surface area contributed by atoms with Crippen LogP contribution in [0.2, 0.25) is 0 Å². The lowest BCUT2D eigenvalue weighted by Crippen LogP contribution is -2.05. The second-order valence-corrected chi connectivity index (χ2v) is 3.60. The normalized spacial score (nSPS) is 10.5. The third-order valence-electron chi connectivity index (χ3n) is 2.13. The van der Waals surface area contributed by atoms with Gasteiger partial charge >= 0.3 is 5.97 Å². The van der Waals surface area contributed by atoms with Crippen LogP contribution in [0.3, 0.4) is 0 Å². The Morgan fingerprint density at radius 2 is 2.12 bits per heavy atom. The van der Waals surface area contributed by atoms with E-state index in [1.54, 1.807) is 13.0 Å². The number of rotatable bonds is 2. The van der Waals surface area contributed by atoms with E-state index in [9.17, 15) is 4.79 Å². The number of nitrogens with two attached hydrogens (primary N) is 1. The van der Waals surface area contributed by atoms with Gasteiger partial charge in [0.1, 0.15) is 5.82 Å². The first-order chi connectivity index (χ1) is 7.97. The van der Waals surface area contributed by atoms with E-state index in [0.29, 0.717) is 11.6 Å². The molecule has 0 fully saturated rings. The van der Waals surface area contributed by atoms with E-state index in [2.05, 4.69) is 15.1 Å². The standard InChI is InChI=1S/C10H11N5O2/c1-5-3-8(13-6(2)12-5)15-4-7(11)9(14-15)10(16)17/h3-4H,11H2,1-2H3,(H,16,17). The number of hydrogen-bond donors (Lipinski definition) is 2. The summed E-state index contributed by atoms with van der Waals surface area (Å²) in [6.07, 6.45) is 1.42. The summed E-state index contributed by atoms with van der Waals surface area (Å²) >= 11 is 0. The van der Waals surface area contributed by atoms with Crippen LogP contribution >= 0.6 is 0 Å². The topological polar surface area (TPSA) is 107 Å². The maximum atomic E-state index is 10.8. The number of carbonyl (C=O) groups is 1.